The van der Waals surface area contributed by atoms with Crippen molar-refractivity contribution in [3.05, 3.63) is 30.3 Å². The molecule has 0 radical (unpaired) electrons. The monoisotopic (exact) mass is 294 g/mol. The number of rotatable bonds is 5. The summed E-state index contributed by atoms with van der Waals surface area (Å²) < 4.78 is 11.0. The second-order valence-electron chi connectivity index (χ2n) is 5.16. The van der Waals surface area contributed by atoms with Gasteiger partial charge in [-0.05, 0) is 38.3 Å². The van der Waals surface area contributed by atoms with E-state index >= 15 is 0 Å². The minimum atomic E-state index is -0.180. The number of carbonyl (C=O) groups excluding carboxylic acids is 1. The van der Waals surface area contributed by atoms with Gasteiger partial charge in [0, 0.05) is 18.4 Å². The fourth-order valence-corrected chi connectivity index (χ4v) is 3.31. The lowest BCUT2D eigenvalue weighted by atomic mass is 9.95. The molecule has 0 heterocycles. The fraction of sp³-hybridized carbons (Fsp3) is 0.562. The molecule has 0 aromatic heterocycles. The van der Waals surface area contributed by atoms with E-state index < -0.39 is 0 Å². The largest absolute Gasteiger partial charge is 0.461 e. The molecule has 0 N–H and O–H groups in total. The standard InChI is InChI=1S/C16H22O3S/c1-12(20-15-9-4-3-5-10-15)16(17)19-14-8-6-7-13(11-14)18-2/h3-5,9-10,12-14H,6-8,11H2,1-2H3. The summed E-state index contributed by atoms with van der Waals surface area (Å²) in [4.78, 5) is 13.2. The van der Waals surface area contributed by atoms with E-state index in [0.717, 1.165) is 30.6 Å². The van der Waals surface area contributed by atoms with Gasteiger partial charge in [0.2, 0.25) is 0 Å². The maximum Gasteiger partial charge on any atom is 0.319 e. The second kappa shape index (κ2) is 7.70. The van der Waals surface area contributed by atoms with Crippen molar-refractivity contribution in [3.63, 3.8) is 0 Å². The van der Waals surface area contributed by atoms with Crippen LogP contribution in [0.4, 0.5) is 0 Å². The Balaban J connectivity index is 1.81. The molecule has 20 heavy (non-hydrogen) atoms. The zero-order chi connectivity index (χ0) is 14.4. The van der Waals surface area contributed by atoms with Gasteiger partial charge in [-0.1, -0.05) is 18.2 Å². The number of benzene rings is 1. The summed E-state index contributed by atoms with van der Waals surface area (Å²) in [7, 11) is 1.72. The highest BCUT2D eigenvalue weighted by Gasteiger charge is 2.26. The molecule has 0 bridgehead atoms. The Kier molecular flexibility index (Phi) is 5.92. The molecule has 0 aliphatic heterocycles. The van der Waals surface area contributed by atoms with Gasteiger partial charge < -0.3 is 9.47 Å². The number of ether oxygens (including phenoxy) is 2. The molecule has 1 saturated carbocycles. The van der Waals surface area contributed by atoms with Crippen molar-refractivity contribution in [2.24, 2.45) is 0 Å². The van der Waals surface area contributed by atoms with Crippen LogP contribution in [0.15, 0.2) is 35.2 Å². The Bertz CT molecular complexity index is 421. The van der Waals surface area contributed by atoms with E-state index in [1.54, 1.807) is 18.9 Å². The number of methoxy groups -OCH3 is 1. The third-order valence-electron chi connectivity index (χ3n) is 3.58. The van der Waals surface area contributed by atoms with Crippen molar-refractivity contribution < 1.29 is 14.3 Å². The van der Waals surface area contributed by atoms with E-state index in [0.29, 0.717) is 0 Å². The third kappa shape index (κ3) is 4.53. The first kappa shape index (κ1) is 15.4. The average molecular weight is 294 g/mol. The van der Waals surface area contributed by atoms with E-state index in [-0.39, 0.29) is 23.4 Å². The SMILES string of the molecule is COC1CCCC(OC(=O)C(C)Sc2ccccc2)C1. The van der Waals surface area contributed by atoms with Gasteiger partial charge in [-0.2, -0.15) is 0 Å². The van der Waals surface area contributed by atoms with E-state index in [2.05, 4.69) is 0 Å². The van der Waals surface area contributed by atoms with Crippen molar-refractivity contribution in [3.8, 4) is 0 Å². The number of carbonyl (C=O) groups is 1. The molecule has 1 aliphatic rings. The smallest absolute Gasteiger partial charge is 0.319 e. The minimum absolute atomic E-state index is 0.0139. The molecule has 3 atom stereocenters. The summed E-state index contributed by atoms with van der Waals surface area (Å²) in [6, 6.07) is 9.95. The van der Waals surface area contributed by atoms with Crippen LogP contribution >= 0.6 is 11.8 Å². The highest BCUT2D eigenvalue weighted by Crippen LogP contribution is 2.27. The van der Waals surface area contributed by atoms with Crippen molar-refractivity contribution in [2.45, 2.75) is 55.0 Å². The van der Waals surface area contributed by atoms with E-state index in [1.165, 1.54) is 0 Å². The van der Waals surface area contributed by atoms with Crippen LogP contribution in [0.2, 0.25) is 0 Å². The highest BCUT2D eigenvalue weighted by atomic mass is 32.2. The number of thioether (sulfide) groups is 1. The van der Waals surface area contributed by atoms with Gasteiger partial charge in [0.15, 0.2) is 0 Å². The van der Waals surface area contributed by atoms with Gasteiger partial charge in [-0.25, -0.2) is 0 Å². The van der Waals surface area contributed by atoms with Gasteiger partial charge in [0.05, 0.1) is 6.10 Å². The lowest BCUT2D eigenvalue weighted by Gasteiger charge is -2.28. The molecule has 3 nitrogen and oxygen atoms in total. The molecular formula is C16H22O3S. The van der Waals surface area contributed by atoms with Crippen LogP contribution in [0.5, 0.6) is 0 Å². The van der Waals surface area contributed by atoms with Crippen LogP contribution in [0.25, 0.3) is 0 Å². The van der Waals surface area contributed by atoms with Crippen LogP contribution in [-0.2, 0) is 14.3 Å². The average Bonchev–Trinajstić information content (AvgIpc) is 2.48. The van der Waals surface area contributed by atoms with Crippen LogP contribution in [0.1, 0.15) is 32.6 Å². The summed E-state index contributed by atoms with van der Waals surface area (Å²) in [5.74, 6) is -0.124. The van der Waals surface area contributed by atoms with E-state index in [1.807, 2.05) is 37.3 Å². The molecular weight excluding hydrogens is 272 g/mol. The molecule has 1 fully saturated rings. The Hall–Kier alpha value is -1.00. The predicted octanol–water partition coefficient (Wildman–Crippen LogP) is 3.67. The summed E-state index contributed by atoms with van der Waals surface area (Å²) >= 11 is 1.54. The van der Waals surface area contributed by atoms with Crippen molar-refractivity contribution >= 4 is 17.7 Å². The molecule has 0 amide bonds. The Morgan fingerprint density at radius 1 is 1.25 bits per heavy atom. The highest BCUT2D eigenvalue weighted by molar-refractivity contribution is 8.00. The van der Waals surface area contributed by atoms with Gasteiger partial charge in [-0.3, -0.25) is 4.79 Å². The number of hydrogen-bond acceptors (Lipinski definition) is 4. The second-order valence-corrected chi connectivity index (χ2v) is 6.57. The molecule has 0 spiro atoms. The molecule has 1 aliphatic carbocycles. The Morgan fingerprint density at radius 3 is 2.65 bits per heavy atom. The first-order valence-corrected chi connectivity index (χ1v) is 8.02. The molecule has 3 unspecified atom stereocenters. The number of esters is 1. The molecule has 110 valence electrons. The normalized spacial score (nSPS) is 24.1. The molecule has 2 rings (SSSR count). The first-order chi connectivity index (χ1) is 9.69. The van der Waals surface area contributed by atoms with Crippen LogP contribution in [-0.4, -0.2) is 30.5 Å². The fourth-order valence-electron chi connectivity index (χ4n) is 2.43. The molecule has 0 saturated heterocycles. The molecule has 1 aromatic carbocycles. The lowest BCUT2D eigenvalue weighted by Crippen LogP contribution is -2.31. The van der Waals surface area contributed by atoms with E-state index in [9.17, 15) is 4.79 Å². The quantitative estimate of drug-likeness (QED) is 0.613. The number of hydrogen-bond donors (Lipinski definition) is 0. The minimum Gasteiger partial charge on any atom is -0.461 e. The summed E-state index contributed by atoms with van der Waals surface area (Å²) in [6.45, 7) is 1.90. The van der Waals surface area contributed by atoms with Gasteiger partial charge in [0.1, 0.15) is 11.4 Å². The van der Waals surface area contributed by atoms with Gasteiger partial charge in [0.25, 0.3) is 0 Å². The van der Waals surface area contributed by atoms with Crippen molar-refractivity contribution in [1.29, 1.82) is 0 Å². The summed E-state index contributed by atoms with van der Waals surface area (Å²) in [5.41, 5.74) is 0. The van der Waals surface area contributed by atoms with Gasteiger partial charge in [-0.15, -0.1) is 11.8 Å². The van der Waals surface area contributed by atoms with Gasteiger partial charge >= 0.3 is 5.97 Å². The van der Waals surface area contributed by atoms with Crippen LogP contribution in [0, 0.1) is 0 Å². The van der Waals surface area contributed by atoms with E-state index in [4.69, 9.17) is 9.47 Å². The topological polar surface area (TPSA) is 35.5 Å². The zero-order valence-corrected chi connectivity index (χ0v) is 12.9. The maximum atomic E-state index is 12.1. The predicted molar refractivity (Wildman–Crippen MR) is 80.9 cm³/mol. The van der Waals surface area contributed by atoms with Crippen molar-refractivity contribution in [1.82, 2.24) is 0 Å². The Morgan fingerprint density at radius 2 is 1.95 bits per heavy atom. The molecule has 4 heteroatoms. The third-order valence-corrected chi connectivity index (χ3v) is 4.67. The maximum absolute atomic E-state index is 12.1. The van der Waals surface area contributed by atoms with Crippen molar-refractivity contribution in [2.75, 3.05) is 7.11 Å². The van der Waals surface area contributed by atoms with Crippen LogP contribution < -0.4 is 0 Å². The van der Waals surface area contributed by atoms with Crippen LogP contribution in [0.3, 0.4) is 0 Å². The zero-order valence-electron chi connectivity index (χ0n) is 12.1. The lowest BCUT2D eigenvalue weighted by molar-refractivity contribution is -0.151. The molecule has 1 aromatic rings. The Labute approximate surface area is 125 Å². The summed E-state index contributed by atoms with van der Waals surface area (Å²) in [6.07, 6.45) is 4.16. The summed E-state index contributed by atoms with van der Waals surface area (Å²) in [5, 5.41) is -0.180. The first-order valence-electron chi connectivity index (χ1n) is 7.14.